The van der Waals surface area contributed by atoms with E-state index in [0.29, 0.717) is 6.10 Å². The van der Waals surface area contributed by atoms with Crippen molar-refractivity contribution in [1.82, 2.24) is 4.90 Å². The van der Waals surface area contributed by atoms with Crippen LogP contribution in [-0.4, -0.2) is 36.7 Å². The van der Waals surface area contributed by atoms with Crippen LogP contribution in [0.2, 0.25) is 0 Å². The second-order valence-corrected chi connectivity index (χ2v) is 4.10. The van der Waals surface area contributed by atoms with E-state index in [4.69, 9.17) is 4.74 Å². The number of rotatable bonds is 2. The van der Waals surface area contributed by atoms with Gasteiger partial charge in [-0.25, -0.2) is 0 Å². The number of hydrogen-bond acceptors (Lipinski definition) is 2. The molecule has 2 nitrogen and oxygen atoms in total. The number of ether oxygens (including phenoxy) is 1. The molecule has 0 radical (unpaired) electrons. The zero-order chi connectivity index (χ0) is 8.48. The summed E-state index contributed by atoms with van der Waals surface area (Å²) in [6.07, 6.45) is 1.52. The lowest BCUT2D eigenvalue weighted by Gasteiger charge is -2.26. The van der Waals surface area contributed by atoms with E-state index in [1.807, 2.05) is 0 Å². The fourth-order valence-electron chi connectivity index (χ4n) is 1.82. The highest BCUT2D eigenvalue weighted by molar-refractivity contribution is 4.86. The van der Waals surface area contributed by atoms with Gasteiger partial charge in [0.15, 0.2) is 0 Å². The second-order valence-electron chi connectivity index (χ2n) is 4.10. The molecule has 11 heavy (non-hydrogen) atoms. The molecule has 0 unspecified atom stereocenters. The van der Waals surface area contributed by atoms with Crippen LogP contribution in [0.3, 0.4) is 0 Å². The number of likely N-dealkylation sites (tertiary alicyclic amines) is 1. The highest BCUT2D eigenvalue weighted by Crippen LogP contribution is 2.24. The Morgan fingerprint density at radius 1 is 1.45 bits per heavy atom. The van der Waals surface area contributed by atoms with Crippen LogP contribution in [0.5, 0.6) is 0 Å². The van der Waals surface area contributed by atoms with Crippen molar-refractivity contribution in [2.24, 2.45) is 0 Å². The molecule has 2 heteroatoms. The molecule has 0 aromatic rings. The van der Waals surface area contributed by atoms with Gasteiger partial charge in [0, 0.05) is 13.1 Å². The van der Waals surface area contributed by atoms with E-state index in [9.17, 15) is 0 Å². The van der Waals surface area contributed by atoms with Gasteiger partial charge in [-0.05, 0) is 34.2 Å². The maximum Gasteiger partial charge on any atom is 0.0796 e. The van der Waals surface area contributed by atoms with Gasteiger partial charge >= 0.3 is 0 Å². The van der Waals surface area contributed by atoms with Crippen molar-refractivity contribution in [3.63, 3.8) is 0 Å². The van der Waals surface area contributed by atoms with Crippen molar-refractivity contribution in [3.8, 4) is 0 Å². The Hall–Kier alpha value is -0.0800. The molecule has 0 amide bonds. The first-order valence-corrected chi connectivity index (χ1v) is 4.38. The quantitative estimate of drug-likeness (QED) is 0.602. The molecule has 1 rings (SSSR count). The molecule has 0 bridgehead atoms. The van der Waals surface area contributed by atoms with Crippen molar-refractivity contribution < 1.29 is 4.74 Å². The highest BCUT2D eigenvalue weighted by atomic mass is 16.5. The van der Waals surface area contributed by atoms with Crippen molar-refractivity contribution in [2.45, 2.75) is 38.9 Å². The predicted molar refractivity (Wildman–Crippen MR) is 46.7 cm³/mol. The van der Waals surface area contributed by atoms with Crippen molar-refractivity contribution in [1.29, 1.82) is 0 Å². The van der Waals surface area contributed by atoms with E-state index >= 15 is 0 Å². The molecule has 0 aliphatic carbocycles. The molecule has 1 atom stereocenters. The van der Waals surface area contributed by atoms with E-state index < -0.39 is 0 Å². The molecule has 0 aromatic heterocycles. The zero-order valence-electron chi connectivity index (χ0n) is 8.05. The van der Waals surface area contributed by atoms with Gasteiger partial charge in [0.05, 0.1) is 11.7 Å². The summed E-state index contributed by atoms with van der Waals surface area (Å²) in [6, 6.07) is 0. The third-order valence-electron chi connectivity index (χ3n) is 2.15. The standard InChI is InChI=1S/C9H19NO/c1-8(2)11-9(3)5-6-10(4)7-9/h8H,5-7H2,1-4H3/t9-/m0/s1. The summed E-state index contributed by atoms with van der Waals surface area (Å²) < 4.78 is 5.83. The summed E-state index contributed by atoms with van der Waals surface area (Å²) in [7, 11) is 2.15. The van der Waals surface area contributed by atoms with Crippen LogP contribution in [0, 0.1) is 0 Å². The Bertz CT molecular complexity index is 136. The first-order valence-electron chi connectivity index (χ1n) is 4.38. The Kier molecular flexibility index (Phi) is 2.55. The summed E-state index contributed by atoms with van der Waals surface area (Å²) in [5.74, 6) is 0. The first-order chi connectivity index (χ1) is 5.02. The minimum atomic E-state index is 0.114. The maximum atomic E-state index is 5.83. The Morgan fingerprint density at radius 3 is 2.45 bits per heavy atom. The Morgan fingerprint density at radius 2 is 2.09 bits per heavy atom. The van der Waals surface area contributed by atoms with Gasteiger partial charge < -0.3 is 9.64 Å². The lowest BCUT2D eigenvalue weighted by molar-refractivity contribution is -0.0588. The largest absolute Gasteiger partial charge is 0.371 e. The van der Waals surface area contributed by atoms with Crippen LogP contribution in [0.25, 0.3) is 0 Å². The fraction of sp³-hybridized carbons (Fsp3) is 1.00. The van der Waals surface area contributed by atoms with Crippen LogP contribution in [-0.2, 0) is 4.74 Å². The number of likely N-dealkylation sites (N-methyl/N-ethyl adjacent to an activating group) is 1. The van der Waals surface area contributed by atoms with Gasteiger partial charge in [-0.15, -0.1) is 0 Å². The van der Waals surface area contributed by atoms with Crippen molar-refractivity contribution in [3.05, 3.63) is 0 Å². The SMILES string of the molecule is CC(C)O[C@@]1(C)CCN(C)C1. The summed E-state index contributed by atoms with van der Waals surface area (Å²) in [5.41, 5.74) is 0.114. The third kappa shape index (κ3) is 2.46. The molecular formula is C9H19NO. The average Bonchev–Trinajstić information content (AvgIpc) is 2.08. The second kappa shape index (κ2) is 3.11. The monoisotopic (exact) mass is 157 g/mol. The first kappa shape index (κ1) is 9.01. The summed E-state index contributed by atoms with van der Waals surface area (Å²) in [5, 5.41) is 0. The zero-order valence-corrected chi connectivity index (χ0v) is 8.05. The minimum Gasteiger partial charge on any atom is -0.371 e. The molecule has 0 aromatic carbocycles. The van der Waals surface area contributed by atoms with Crippen molar-refractivity contribution >= 4 is 0 Å². The highest BCUT2D eigenvalue weighted by Gasteiger charge is 2.33. The molecule has 0 N–H and O–H groups in total. The molecule has 1 aliphatic rings. The van der Waals surface area contributed by atoms with Crippen molar-refractivity contribution in [2.75, 3.05) is 20.1 Å². The summed E-state index contributed by atoms with van der Waals surface area (Å²) in [6.45, 7) is 8.65. The Balaban J connectivity index is 2.42. The van der Waals surface area contributed by atoms with Gasteiger partial charge in [0.1, 0.15) is 0 Å². The van der Waals surface area contributed by atoms with Gasteiger partial charge in [-0.3, -0.25) is 0 Å². The molecular weight excluding hydrogens is 138 g/mol. The topological polar surface area (TPSA) is 12.5 Å². The van der Waals surface area contributed by atoms with Crippen LogP contribution >= 0.6 is 0 Å². The van der Waals surface area contributed by atoms with E-state index in [-0.39, 0.29) is 5.60 Å². The molecule has 66 valence electrons. The van der Waals surface area contributed by atoms with Crippen LogP contribution in [0.15, 0.2) is 0 Å². The number of hydrogen-bond donors (Lipinski definition) is 0. The molecule has 1 saturated heterocycles. The normalized spacial score (nSPS) is 33.5. The molecule has 1 aliphatic heterocycles. The average molecular weight is 157 g/mol. The van der Waals surface area contributed by atoms with E-state index in [0.717, 1.165) is 6.54 Å². The van der Waals surface area contributed by atoms with E-state index in [2.05, 4.69) is 32.7 Å². The van der Waals surface area contributed by atoms with E-state index in [1.165, 1.54) is 13.0 Å². The van der Waals surface area contributed by atoms with E-state index in [1.54, 1.807) is 0 Å². The maximum absolute atomic E-state index is 5.83. The third-order valence-corrected chi connectivity index (χ3v) is 2.15. The molecule has 1 fully saturated rings. The van der Waals surface area contributed by atoms with Gasteiger partial charge in [-0.1, -0.05) is 0 Å². The van der Waals surface area contributed by atoms with Crippen LogP contribution < -0.4 is 0 Å². The Labute approximate surface area is 69.5 Å². The lowest BCUT2D eigenvalue weighted by Crippen LogP contribution is -2.34. The van der Waals surface area contributed by atoms with Gasteiger partial charge in [-0.2, -0.15) is 0 Å². The smallest absolute Gasteiger partial charge is 0.0796 e. The summed E-state index contributed by atoms with van der Waals surface area (Å²) >= 11 is 0. The molecule has 0 saturated carbocycles. The predicted octanol–water partition coefficient (Wildman–Crippen LogP) is 1.51. The number of nitrogens with zero attached hydrogens (tertiary/aromatic N) is 1. The molecule has 1 heterocycles. The van der Waals surface area contributed by atoms with Crippen LogP contribution in [0.4, 0.5) is 0 Å². The minimum absolute atomic E-state index is 0.114. The lowest BCUT2D eigenvalue weighted by atomic mass is 10.1. The van der Waals surface area contributed by atoms with Gasteiger partial charge in [0.25, 0.3) is 0 Å². The molecule has 0 spiro atoms. The van der Waals surface area contributed by atoms with Gasteiger partial charge in [0.2, 0.25) is 0 Å². The van der Waals surface area contributed by atoms with Crippen LogP contribution in [0.1, 0.15) is 27.2 Å². The summed E-state index contributed by atoms with van der Waals surface area (Å²) in [4.78, 5) is 2.32. The fourth-order valence-corrected chi connectivity index (χ4v) is 1.82.